The van der Waals surface area contributed by atoms with Crippen LogP contribution in [0.2, 0.25) is 0 Å². The molecule has 1 aromatic carbocycles. The van der Waals surface area contributed by atoms with Crippen molar-refractivity contribution in [3.8, 4) is 0 Å². The van der Waals surface area contributed by atoms with E-state index in [1.807, 2.05) is 19.2 Å². The Morgan fingerprint density at radius 2 is 2.13 bits per heavy atom. The zero-order valence-corrected chi connectivity index (χ0v) is 13.5. The van der Waals surface area contributed by atoms with Gasteiger partial charge in [-0.1, -0.05) is 6.07 Å². The lowest BCUT2D eigenvalue weighted by molar-refractivity contribution is 0.0443. The van der Waals surface area contributed by atoms with Gasteiger partial charge < -0.3 is 14.1 Å². The van der Waals surface area contributed by atoms with Gasteiger partial charge in [-0.25, -0.2) is 4.79 Å². The fraction of sp³-hybridized carbons (Fsp3) is 0.500. The van der Waals surface area contributed by atoms with Crippen molar-refractivity contribution in [1.29, 1.82) is 0 Å². The highest BCUT2D eigenvalue weighted by Crippen LogP contribution is 2.33. The molecule has 5 heteroatoms. The number of rotatable bonds is 2. The molecule has 2 aliphatic rings. The maximum absolute atomic E-state index is 11.7. The van der Waals surface area contributed by atoms with Crippen LogP contribution in [-0.2, 0) is 11.3 Å². The number of amides is 1. The average Bonchev–Trinajstić information content (AvgIpc) is 3.03. The van der Waals surface area contributed by atoms with E-state index in [9.17, 15) is 4.79 Å². The number of likely N-dealkylation sites (N-methyl/N-ethyl adjacent to an activating group) is 1. The van der Waals surface area contributed by atoms with Crippen LogP contribution < -0.4 is 0 Å². The molecule has 1 spiro atoms. The minimum absolute atomic E-state index is 0.177. The number of nitrogens with zero attached hydrogens (tertiary/aromatic N) is 2. The highest BCUT2D eigenvalue weighted by atomic mass is 16.6. The van der Waals surface area contributed by atoms with E-state index < -0.39 is 0 Å². The molecule has 0 bridgehead atoms. The van der Waals surface area contributed by atoms with Crippen LogP contribution in [0.15, 0.2) is 34.9 Å². The highest BCUT2D eigenvalue weighted by molar-refractivity contribution is 5.77. The number of hydrogen-bond acceptors (Lipinski definition) is 4. The Hall–Kier alpha value is -2.01. The second-order valence-electron chi connectivity index (χ2n) is 6.83. The van der Waals surface area contributed by atoms with Crippen molar-refractivity contribution in [3.63, 3.8) is 0 Å². The van der Waals surface area contributed by atoms with E-state index in [0.29, 0.717) is 0 Å². The van der Waals surface area contributed by atoms with Crippen LogP contribution in [0.4, 0.5) is 4.79 Å². The van der Waals surface area contributed by atoms with Gasteiger partial charge in [-0.15, -0.1) is 0 Å². The molecule has 2 aliphatic heterocycles. The minimum atomic E-state index is -0.269. The minimum Gasteiger partial charge on any atom is -0.464 e. The van der Waals surface area contributed by atoms with Crippen LogP contribution in [0, 0.1) is 0 Å². The van der Waals surface area contributed by atoms with Crippen LogP contribution >= 0.6 is 0 Å². The second-order valence-corrected chi connectivity index (χ2v) is 6.83. The monoisotopic (exact) mass is 314 g/mol. The molecule has 0 N–H and O–H groups in total. The van der Waals surface area contributed by atoms with Crippen LogP contribution in [0.5, 0.6) is 0 Å². The van der Waals surface area contributed by atoms with Crippen molar-refractivity contribution < 1.29 is 13.9 Å². The highest BCUT2D eigenvalue weighted by Gasteiger charge is 2.44. The molecule has 1 atom stereocenters. The summed E-state index contributed by atoms with van der Waals surface area (Å²) in [7, 11) is 1.82. The predicted molar refractivity (Wildman–Crippen MR) is 87.2 cm³/mol. The second kappa shape index (κ2) is 5.57. The van der Waals surface area contributed by atoms with E-state index in [1.54, 1.807) is 11.2 Å². The van der Waals surface area contributed by atoms with Crippen molar-refractivity contribution in [3.05, 3.63) is 36.1 Å². The molecule has 23 heavy (non-hydrogen) atoms. The van der Waals surface area contributed by atoms with Gasteiger partial charge in [0.15, 0.2) is 0 Å². The van der Waals surface area contributed by atoms with Crippen molar-refractivity contribution >= 4 is 17.1 Å². The van der Waals surface area contributed by atoms with E-state index in [-0.39, 0.29) is 11.7 Å². The molecular weight excluding hydrogens is 292 g/mol. The lowest BCUT2D eigenvalue weighted by Crippen LogP contribution is -2.35. The van der Waals surface area contributed by atoms with Gasteiger partial charge in [-0.3, -0.25) is 4.90 Å². The largest absolute Gasteiger partial charge is 0.464 e. The third-order valence-electron chi connectivity index (χ3n) is 5.05. The van der Waals surface area contributed by atoms with Gasteiger partial charge in [0.1, 0.15) is 11.2 Å². The van der Waals surface area contributed by atoms with Crippen molar-refractivity contribution in [2.24, 2.45) is 0 Å². The summed E-state index contributed by atoms with van der Waals surface area (Å²) in [6.45, 7) is 3.67. The van der Waals surface area contributed by atoms with Gasteiger partial charge >= 0.3 is 6.09 Å². The van der Waals surface area contributed by atoms with Crippen LogP contribution in [0.1, 0.15) is 24.8 Å². The van der Waals surface area contributed by atoms with Gasteiger partial charge in [-0.05, 0) is 43.1 Å². The Morgan fingerprint density at radius 3 is 2.96 bits per heavy atom. The third-order valence-corrected chi connectivity index (χ3v) is 5.05. The summed E-state index contributed by atoms with van der Waals surface area (Å²) in [6.07, 6.45) is 4.49. The van der Waals surface area contributed by atoms with E-state index >= 15 is 0 Å². The Balaban J connectivity index is 1.43. The number of likely N-dealkylation sites (tertiary alicyclic amines) is 1. The zero-order valence-electron chi connectivity index (χ0n) is 13.5. The number of carbonyl (C=O) groups is 1. The molecule has 0 radical (unpaired) electrons. The Kier molecular flexibility index (Phi) is 3.53. The predicted octanol–water partition coefficient (Wildman–Crippen LogP) is 3.24. The molecule has 122 valence electrons. The average molecular weight is 314 g/mol. The molecule has 2 fully saturated rings. The number of ether oxygens (including phenoxy) is 1. The normalized spacial score (nSPS) is 26.0. The van der Waals surface area contributed by atoms with Gasteiger partial charge in [-0.2, -0.15) is 0 Å². The topological polar surface area (TPSA) is 45.9 Å². The smallest absolute Gasteiger partial charge is 0.410 e. The van der Waals surface area contributed by atoms with Crippen molar-refractivity contribution in [2.45, 2.75) is 31.4 Å². The lowest BCUT2D eigenvalue weighted by atomic mass is 9.95. The fourth-order valence-corrected chi connectivity index (χ4v) is 3.81. The molecular formula is C18H22N2O3. The van der Waals surface area contributed by atoms with Gasteiger partial charge in [0.05, 0.1) is 12.8 Å². The molecule has 2 saturated heterocycles. The SMILES string of the molecule is CN1C[C@]2(CCCN(Cc3ccc4occc4c3)CC2)OC1=O. The Bertz CT molecular complexity index is 726. The molecule has 1 aromatic heterocycles. The summed E-state index contributed by atoms with van der Waals surface area (Å²) in [6, 6.07) is 8.38. The number of fused-ring (bicyclic) bond motifs is 1. The van der Waals surface area contributed by atoms with Crippen molar-refractivity contribution in [1.82, 2.24) is 9.80 Å². The number of furan rings is 1. The summed E-state index contributed by atoms with van der Waals surface area (Å²) in [4.78, 5) is 15.9. The molecule has 2 aromatic rings. The molecule has 3 heterocycles. The first-order valence-corrected chi connectivity index (χ1v) is 8.26. The standard InChI is InChI=1S/C18H22N2O3/c1-19-13-18(23-17(19)21)6-2-8-20(9-7-18)12-14-3-4-16-15(11-14)5-10-22-16/h3-5,10-11H,2,6-9,12-13H2,1H3/t18-/m1/s1. The molecule has 4 rings (SSSR count). The first-order valence-electron chi connectivity index (χ1n) is 8.26. The summed E-state index contributed by atoms with van der Waals surface area (Å²) in [5.74, 6) is 0. The van der Waals surface area contributed by atoms with E-state index in [4.69, 9.17) is 9.15 Å². The van der Waals surface area contributed by atoms with E-state index in [2.05, 4.69) is 17.0 Å². The number of hydrogen-bond donors (Lipinski definition) is 0. The first-order chi connectivity index (χ1) is 11.1. The van der Waals surface area contributed by atoms with Crippen LogP contribution in [-0.4, -0.2) is 48.2 Å². The quantitative estimate of drug-likeness (QED) is 0.854. The van der Waals surface area contributed by atoms with Crippen LogP contribution in [0.3, 0.4) is 0 Å². The van der Waals surface area contributed by atoms with E-state index in [1.165, 1.54) is 5.56 Å². The summed E-state index contributed by atoms with van der Waals surface area (Å²) in [5, 5.41) is 1.15. The Morgan fingerprint density at radius 1 is 1.22 bits per heavy atom. The third kappa shape index (κ3) is 2.81. The maximum Gasteiger partial charge on any atom is 0.410 e. The van der Waals surface area contributed by atoms with Gasteiger partial charge in [0.2, 0.25) is 0 Å². The molecule has 1 amide bonds. The first kappa shape index (κ1) is 14.6. The molecule has 0 unspecified atom stereocenters. The zero-order chi connectivity index (χ0) is 15.9. The number of carbonyl (C=O) groups excluding carboxylic acids is 1. The van der Waals surface area contributed by atoms with Gasteiger partial charge in [0, 0.05) is 31.9 Å². The van der Waals surface area contributed by atoms with Crippen molar-refractivity contribution in [2.75, 3.05) is 26.7 Å². The fourth-order valence-electron chi connectivity index (χ4n) is 3.81. The van der Waals surface area contributed by atoms with Crippen LogP contribution in [0.25, 0.3) is 11.0 Å². The summed E-state index contributed by atoms with van der Waals surface area (Å²) in [5.41, 5.74) is 1.97. The summed E-state index contributed by atoms with van der Waals surface area (Å²) < 4.78 is 11.1. The van der Waals surface area contributed by atoms with Gasteiger partial charge in [0.25, 0.3) is 0 Å². The Labute approximate surface area is 135 Å². The maximum atomic E-state index is 11.7. The molecule has 5 nitrogen and oxygen atoms in total. The van der Waals surface area contributed by atoms with E-state index in [0.717, 1.165) is 56.4 Å². The molecule has 0 aliphatic carbocycles. The lowest BCUT2D eigenvalue weighted by Gasteiger charge is -2.25. The number of benzene rings is 1. The summed E-state index contributed by atoms with van der Waals surface area (Å²) >= 11 is 0. The molecule has 0 saturated carbocycles.